The number of nitrogens with one attached hydrogen (secondary N) is 1. The van der Waals surface area contributed by atoms with Gasteiger partial charge in [-0.25, -0.2) is 4.68 Å². The van der Waals surface area contributed by atoms with Crippen molar-refractivity contribution in [3.63, 3.8) is 0 Å². The van der Waals surface area contributed by atoms with E-state index in [0.29, 0.717) is 12.2 Å². The molecule has 0 radical (unpaired) electrons. The molecule has 0 saturated carbocycles. The topological polar surface area (TPSA) is 56.0 Å². The van der Waals surface area contributed by atoms with Crippen molar-refractivity contribution >= 4 is 11.6 Å². The van der Waals surface area contributed by atoms with Gasteiger partial charge in [-0.1, -0.05) is 45.9 Å². The summed E-state index contributed by atoms with van der Waals surface area (Å²) in [5.41, 5.74) is 1.65. The number of anilines is 1. The first-order chi connectivity index (χ1) is 10.8. The van der Waals surface area contributed by atoms with E-state index in [9.17, 15) is 9.59 Å². The fraction of sp³-hybridized carbons (Fsp3) is 0.444. The van der Waals surface area contributed by atoms with Gasteiger partial charge in [-0.05, 0) is 18.6 Å². The summed E-state index contributed by atoms with van der Waals surface area (Å²) in [6.45, 7) is 10.2. The number of amides is 1. The van der Waals surface area contributed by atoms with Crippen LogP contribution in [0.3, 0.4) is 0 Å². The van der Waals surface area contributed by atoms with E-state index in [1.807, 2.05) is 62.7 Å². The standard InChI is InChI=1S/C18H25N3O2/c1-6-12-20-17(23)15(19-13(2)22)16(18(3,4)5)21(20)14-10-8-7-9-11-14/h7-11H,6,12H2,1-5H3,(H,19,22). The van der Waals surface area contributed by atoms with Gasteiger partial charge in [-0.15, -0.1) is 0 Å². The van der Waals surface area contributed by atoms with Crippen LogP contribution in [-0.2, 0) is 16.8 Å². The molecule has 0 atom stereocenters. The van der Waals surface area contributed by atoms with E-state index < -0.39 is 0 Å². The van der Waals surface area contributed by atoms with Gasteiger partial charge >= 0.3 is 0 Å². The number of hydrogen-bond donors (Lipinski definition) is 1. The molecule has 23 heavy (non-hydrogen) atoms. The Morgan fingerprint density at radius 3 is 2.26 bits per heavy atom. The highest BCUT2D eigenvalue weighted by molar-refractivity contribution is 5.89. The predicted octanol–water partition coefficient (Wildman–Crippen LogP) is 3.30. The molecule has 2 rings (SSSR count). The molecule has 1 N–H and O–H groups in total. The van der Waals surface area contributed by atoms with E-state index in [0.717, 1.165) is 17.8 Å². The lowest BCUT2D eigenvalue weighted by molar-refractivity contribution is -0.114. The SMILES string of the molecule is CCCn1c(=O)c(NC(C)=O)c(C(C)(C)C)n1-c1ccccc1. The Hall–Kier alpha value is -2.30. The first kappa shape index (κ1) is 17.1. The predicted molar refractivity (Wildman–Crippen MR) is 93.3 cm³/mol. The van der Waals surface area contributed by atoms with Crippen molar-refractivity contribution in [3.05, 3.63) is 46.4 Å². The summed E-state index contributed by atoms with van der Waals surface area (Å²) in [5.74, 6) is -0.235. The maximum absolute atomic E-state index is 12.9. The molecule has 0 fully saturated rings. The molecule has 0 aliphatic heterocycles. The van der Waals surface area contributed by atoms with Gasteiger partial charge in [-0.3, -0.25) is 14.3 Å². The van der Waals surface area contributed by atoms with E-state index >= 15 is 0 Å². The van der Waals surface area contributed by atoms with Crippen molar-refractivity contribution in [3.8, 4) is 5.69 Å². The lowest BCUT2D eigenvalue weighted by Crippen LogP contribution is -2.24. The average Bonchev–Trinajstić information content (AvgIpc) is 2.73. The van der Waals surface area contributed by atoms with E-state index in [2.05, 4.69) is 5.32 Å². The summed E-state index contributed by atoms with van der Waals surface area (Å²) in [7, 11) is 0. The second kappa shape index (κ2) is 6.44. The average molecular weight is 315 g/mol. The zero-order chi connectivity index (χ0) is 17.2. The van der Waals surface area contributed by atoms with Crippen molar-refractivity contribution < 1.29 is 4.79 Å². The van der Waals surface area contributed by atoms with Crippen LogP contribution < -0.4 is 10.9 Å². The lowest BCUT2D eigenvalue weighted by atomic mass is 9.90. The highest BCUT2D eigenvalue weighted by Gasteiger charge is 2.30. The number of benzene rings is 1. The van der Waals surface area contributed by atoms with Gasteiger partial charge in [-0.2, -0.15) is 0 Å². The van der Waals surface area contributed by atoms with Crippen molar-refractivity contribution in [2.24, 2.45) is 0 Å². The third-order valence-corrected chi connectivity index (χ3v) is 3.59. The Bertz CT molecular complexity index is 749. The number of hydrogen-bond acceptors (Lipinski definition) is 2. The maximum Gasteiger partial charge on any atom is 0.291 e. The van der Waals surface area contributed by atoms with E-state index in [1.54, 1.807) is 4.68 Å². The van der Waals surface area contributed by atoms with Crippen molar-refractivity contribution in [2.45, 2.75) is 53.0 Å². The minimum Gasteiger partial charge on any atom is -0.320 e. The normalized spacial score (nSPS) is 11.5. The van der Waals surface area contributed by atoms with Crippen LogP contribution in [0.15, 0.2) is 35.1 Å². The van der Waals surface area contributed by atoms with Gasteiger partial charge in [0.2, 0.25) is 5.91 Å². The molecule has 2 aromatic rings. The summed E-state index contributed by atoms with van der Waals surface area (Å²) in [4.78, 5) is 24.5. The quantitative estimate of drug-likeness (QED) is 0.941. The van der Waals surface area contributed by atoms with Crippen LogP contribution >= 0.6 is 0 Å². The summed E-state index contributed by atoms with van der Waals surface area (Å²) in [6, 6.07) is 9.78. The molecule has 5 heteroatoms. The molecule has 1 heterocycles. The maximum atomic E-state index is 12.9. The van der Waals surface area contributed by atoms with Crippen LogP contribution in [0, 0.1) is 0 Å². The third-order valence-electron chi connectivity index (χ3n) is 3.59. The van der Waals surface area contributed by atoms with Gasteiger partial charge in [0, 0.05) is 18.9 Å². The lowest BCUT2D eigenvalue weighted by Gasteiger charge is -2.24. The molecule has 1 aromatic heterocycles. The number of nitrogens with zero attached hydrogens (tertiary/aromatic N) is 2. The molecule has 5 nitrogen and oxygen atoms in total. The fourth-order valence-electron chi connectivity index (χ4n) is 2.78. The first-order valence-corrected chi connectivity index (χ1v) is 7.96. The molecular weight excluding hydrogens is 290 g/mol. The van der Waals surface area contributed by atoms with Crippen LogP contribution in [0.4, 0.5) is 5.69 Å². The largest absolute Gasteiger partial charge is 0.320 e. The second-order valence-corrected chi connectivity index (χ2v) is 6.73. The minimum absolute atomic E-state index is 0.157. The van der Waals surface area contributed by atoms with Gasteiger partial charge in [0.15, 0.2) is 0 Å². The Morgan fingerprint density at radius 1 is 1.17 bits per heavy atom. The van der Waals surface area contributed by atoms with Crippen LogP contribution in [0.1, 0.15) is 46.7 Å². The van der Waals surface area contributed by atoms with Crippen molar-refractivity contribution in [1.29, 1.82) is 0 Å². The summed E-state index contributed by atoms with van der Waals surface area (Å²) >= 11 is 0. The smallest absolute Gasteiger partial charge is 0.291 e. The van der Waals surface area contributed by atoms with Crippen LogP contribution in [-0.4, -0.2) is 15.3 Å². The Kier molecular flexibility index (Phi) is 4.78. The molecule has 124 valence electrons. The van der Waals surface area contributed by atoms with Crippen molar-refractivity contribution in [2.75, 3.05) is 5.32 Å². The Morgan fingerprint density at radius 2 is 1.78 bits per heavy atom. The minimum atomic E-state index is -0.300. The summed E-state index contributed by atoms with van der Waals surface area (Å²) < 4.78 is 3.65. The zero-order valence-corrected chi connectivity index (χ0v) is 14.5. The molecule has 0 aliphatic carbocycles. The van der Waals surface area contributed by atoms with E-state index in [1.165, 1.54) is 6.92 Å². The van der Waals surface area contributed by atoms with Gasteiger partial charge in [0.25, 0.3) is 5.56 Å². The molecule has 0 unspecified atom stereocenters. The monoisotopic (exact) mass is 315 g/mol. The Labute approximate surface area is 136 Å². The summed E-state index contributed by atoms with van der Waals surface area (Å²) in [5, 5.41) is 2.74. The van der Waals surface area contributed by atoms with E-state index in [-0.39, 0.29) is 16.9 Å². The molecule has 1 aromatic carbocycles. The number of rotatable bonds is 4. The highest BCUT2D eigenvalue weighted by atomic mass is 16.2. The first-order valence-electron chi connectivity index (χ1n) is 7.96. The molecule has 0 bridgehead atoms. The number of carbonyl (C=O) groups excluding carboxylic acids is 1. The fourth-order valence-corrected chi connectivity index (χ4v) is 2.78. The van der Waals surface area contributed by atoms with Gasteiger partial charge in [0.05, 0.1) is 11.4 Å². The zero-order valence-electron chi connectivity index (χ0n) is 14.5. The van der Waals surface area contributed by atoms with Gasteiger partial charge < -0.3 is 5.32 Å². The Balaban J connectivity index is 2.86. The highest BCUT2D eigenvalue weighted by Crippen LogP contribution is 2.30. The van der Waals surface area contributed by atoms with Gasteiger partial charge in [0.1, 0.15) is 5.69 Å². The summed E-state index contributed by atoms with van der Waals surface area (Å²) in [6.07, 6.45) is 0.833. The molecule has 1 amide bonds. The number of para-hydroxylation sites is 1. The van der Waals surface area contributed by atoms with E-state index in [4.69, 9.17) is 0 Å². The molecule has 0 saturated heterocycles. The van der Waals surface area contributed by atoms with Crippen molar-refractivity contribution in [1.82, 2.24) is 9.36 Å². The molecule has 0 aliphatic rings. The van der Waals surface area contributed by atoms with Crippen LogP contribution in [0.2, 0.25) is 0 Å². The van der Waals surface area contributed by atoms with Crippen LogP contribution in [0.5, 0.6) is 0 Å². The second-order valence-electron chi connectivity index (χ2n) is 6.73. The number of carbonyl (C=O) groups is 1. The molecule has 0 spiro atoms. The number of aromatic nitrogens is 2. The van der Waals surface area contributed by atoms with Crippen LogP contribution in [0.25, 0.3) is 5.69 Å². The molecular formula is C18H25N3O2. The third kappa shape index (κ3) is 3.38.